The van der Waals surface area contributed by atoms with E-state index in [4.69, 9.17) is 0 Å². The van der Waals surface area contributed by atoms with Crippen molar-refractivity contribution < 1.29 is 5.11 Å². The van der Waals surface area contributed by atoms with E-state index in [9.17, 15) is 5.11 Å². The highest BCUT2D eigenvalue weighted by atomic mass is 16.3. The Kier molecular flexibility index (Phi) is 3.88. The van der Waals surface area contributed by atoms with E-state index in [1.165, 1.54) is 44.1 Å². The highest BCUT2D eigenvalue weighted by Gasteiger charge is 2.18. The summed E-state index contributed by atoms with van der Waals surface area (Å²) in [7, 11) is 0. The van der Waals surface area contributed by atoms with Crippen LogP contribution in [0.4, 0.5) is 0 Å². The summed E-state index contributed by atoms with van der Waals surface area (Å²) in [6.07, 6.45) is 8.16. The van der Waals surface area contributed by atoms with Crippen molar-refractivity contribution in [1.29, 1.82) is 0 Å². The van der Waals surface area contributed by atoms with E-state index in [-0.39, 0.29) is 0 Å². The molecule has 0 radical (unpaired) electrons. The Bertz CT molecular complexity index is 356. The summed E-state index contributed by atoms with van der Waals surface area (Å²) in [5.74, 6) is 0.862. The molecule has 1 heteroatoms. The average molecular weight is 232 g/mol. The second-order valence-corrected chi connectivity index (χ2v) is 5.97. The van der Waals surface area contributed by atoms with Crippen molar-refractivity contribution in [2.45, 2.75) is 58.0 Å². The lowest BCUT2D eigenvalue weighted by molar-refractivity contribution is 0.0785. The Labute approximate surface area is 105 Å². The van der Waals surface area contributed by atoms with Crippen LogP contribution >= 0.6 is 0 Å². The minimum absolute atomic E-state index is 0.720. The highest BCUT2D eigenvalue weighted by Crippen LogP contribution is 2.28. The van der Waals surface area contributed by atoms with Crippen LogP contribution in [0.25, 0.3) is 0 Å². The maximum Gasteiger partial charge on any atom is 0.0840 e. The number of hydrogen-bond donors (Lipinski definition) is 1. The van der Waals surface area contributed by atoms with Crippen molar-refractivity contribution in [2.75, 3.05) is 0 Å². The van der Waals surface area contributed by atoms with Crippen LogP contribution in [-0.2, 0) is 12.0 Å². The van der Waals surface area contributed by atoms with Crippen LogP contribution in [0, 0.1) is 5.92 Å². The third-order valence-electron chi connectivity index (χ3n) is 3.88. The molecule has 17 heavy (non-hydrogen) atoms. The summed E-state index contributed by atoms with van der Waals surface area (Å²) in [5.41, 5.74) is 1.70. The minimum atomic E-state index is -0.720. The molecule has 1 aliphatic rings. The van der Waals surface area contributed by atoms with Gasteiger partial charge in [-0.2, -0.15) is 0 Å². The van der Waals surface area contributed by atoms with Gasteiger partial charge in [-0.15, -0.1) is 0 Å². The Balaban J connectivity index is 2.05. The largest absolute Gasteiger partial charge is 0.386 e. The molecule has 0 spiro atoms. The third-order valence-corrected chi connectivity index (χ3v) is 3.88. The van der Waals surface area contributed by atoms with Gasteiger partial charge in [0.25, 0.3) is 0 Å². The molecule has 0 bridgehead atoms. The van der Waals surface area contributed by atoms with E-state index in [0.717, 1.165) is 11.5 Å². The number of rotatable bonds is 3. The molecule has 1 fully saturated rings. The second kappa shape index (κ2) is 5.22. The van der Waals surface area contributed by atoms with Gasteiger partial charge in [0, 0.05) is 0 Å². The average Bonchev–Trinajstić information content (AvgIpc) is 2.29. The zero-order chi connectivity index (χ0) is 12.3. The van der Waals surface area contributed by atoms with Crippen LogP contribution in [0.15, 0.2) is 24.3 Å². The fourth-order valence-electron chi connectivity index (χ4n) is 2.80. The minimum Gasteiger partial charge on any atom is -0.386 e. The molecule has 1 saturated carbocycles. The fourth-order valence-corrected chi connectivity index (χ4v) is 2.80. The smallest absolute Gasteiger partial charge is 0.0840 e. The summed E-state index contributed by atoms with van der Waals surface area (Å²) in [5, 5.41) is 10.0. The lowest BCUT2D eigenvalue weighted by Crippen LogP contribution is -2.16. The van der Waals surface area contributed by atoms with Gasteiger partial charge in [0.05, 0.1) is 5.60 Å². The van der Waals surface area contributed by atoms with Crippen molar-refractivity contribution in [3.05, 3.63) is 35.4 Å². The molecular formula is C16H24O. The SMILES string of the molecule is CC(C)(O)c1cccc(CC2CCCCC2)c1. The first kappa shape index (κ1) is 12.6. The van der Waals surface area contributed by atoms with E-state index in [0.29, 0.717) is 0 Å². The van der Waals surface area contributed by atoms with Gasteiger partial charge in [0.1, 0.15) is 0 Å². The molecule has 0 heterocycles. The molecule has 0 aromatic heterocycles. The highest BCUT2D eigenvalue weighted by molar-refractivity contribution is 5.27. The van der Waals surface area contributed by atoms with Gasteiger partial charge in [0.15, 0.2) is 0 Å². The molecule has 0 unspecified atom stereocenters. The van der Waals surface area contributed by atoms with E-state index < -0.39 is 5.60 Å². The third kappa shape index (κ3) is 3.57. The topological polar surface area (TPSA) is 20.2 Å². The Hall–Kier alpha value is -0.820. The molecule has 1 aliphatic carbocycles. The van der Waals surface area contributed by atoms with E-state index in [1.807, 2.05) is 19.9 Å². The Morgan fingerprint density at radius 2 is 1.88 bits per heavy atom. The summed E-state index contributed by atoms with van der Waals surface area (Å²) in [4.78, 5) is 0. The van der Waals surface area contributed by atoms with Crippen LogP contribution in [0.5, 0.6) is 0 Å². The van der Waals surface area contributed by atoms with Crippen molar-refractivity contribution >= 4 is 0 Å². The van der Waals surface area contributed by atoms with Crippen molar-refractivity contribution in [2.24, 2.45) is 5.92 Å². The van der Waals surface area contributed by atoms with Crippen LogP contribution in [0.1, 0.15) is 57.1 Å². The lowest BCUT2D eigenvalue weighted by atomic mass is 9.84. The first-order valence-electron chi connectivity index (χ1n) is 6.87. The Morgan fingerprint density at radius 3 is 2.53 bits per heavy atom. The van der Waals surface area contributed by atoms with Gasteiger partial charge in [-0.25, -0.2) is 0 Å². The zero-order valence-electron chi connectivity index (χ0n) is 11.1. The fraction of sp³-hybridized carbons (Fsp3) is 0.625. The van der Waals surface area contributed by atoms with Gasteiger partial charge in [0.2, 0.25) is 0 Å². The molecule has 0 atom stereocenters. The Morgan fingerprint density at radius 1 is 1.18 bits per heavy atom. The van der Waals surface area contributed by atoms with Gasteiger partial charge < -0.3 is 5.11 Å². The first-order chi connectivity index (χ1) is 8.05. The predicted molar refractivity (Wildman–Crippen MR) is 72.0 cm³/mol. The van der Waals surface area contributed by atoms with E-state index in [2.05, 4.69) is 18.2 Å². The lowest BCUT2D eigenvalue weighted by Gasteiger charge is -2.23. The second-order valence-electron chi connectivity index (χ2n) is 5.97. The number of benzene rings is 1. The summed E-state index contributed by atoms with van der Waals surface area (Å²) < 4.78 is 0. The monoisotopic (exact) mass is 232 g/mol. The molecule has 0 amide bonds. The zero-order valence-corrected chi connectivity index (χ0v) is 11.1. The van der Waals surface area contributed by atoms with E-state index >= 15 is 0 Å². The van der Waals surface area contributed by atoms with Gasteiger partial charge in [-0.05, 0) is 37.3 Å². The summed E-state index contributed by atoms with van der Waals surface area (Å²) in [6, 6.07) is 8.47. The molecule has 1 nitrogen and oxygen atoms in total. The molecular weight excluding hydrogens is 208 g/mol. The van der Waals surface area contributed by atoms with E-state index in [1.54, 1.807) is 0 Å². The van der Waals surface area contributed by atoms with Crippen LogP contribution in [0.2, 0.25) is 0 Å². The first-order valence-corrected chi connectivity index (χ1v) is 6.87. The predicted octanol–water partition coefficient (Wildman–Crippen LogP) is 4.04. The van der Waals surface area contributed by atoms with Gasteiger partial charge in [-0.1, -0.05) is 56.4 Å². The summed E-state index contributed by atoms with van der Waals surface area (Å²) >= 11 is 0. The quantitative estimate of drug-likeness (QED) is 0.834. The molecule has 1 aromatic rings. The molecule has 0 aliphatic heterocycles. The van der Waals surface area contributed by atoms with Gasteiger partial charge in [-0.3, -0.25) is 0 Å². The molecule has 94 valence electrons. The van der Waals surface area contributed by atoms with Gasteiger partial charge >= 0.3 is 0 Å². The van der Waals surface area contributed by atoms with Crippen LogP contribution < -0.4 is 0 Å². The molecule has 1 N–H and O–H groups in total. The standard InChI is InChI=1S/C16H24O/c1-16(2,17)15-10-6-9-14(12-15)11-13-7-4-3-5-8-13/h6,9-10,12-13,17H,3-5,7-8,11H2,1-2H3. The van der Waals surface area contributed by atoms with Crippen molar-refractivity contribution in [1.82, 2.24) is 0 Å². The van der Waals surface area contributed by atoms with Crippen LogP contribution in [0.3, 0.4) is 0 Å². The van der Waals surface area contributed by atoms with Crippen LogP contribution in [-0.4, -0.2) is 5.11 Å². The molecule has 1 aromatic carbocycles. The number of aliphatic hydroxyl groups is 1. The molecule has 2 rings (SSSR count). The van der Waals surface area contributed by atoms with Crippen molar-refractivity contribution in [3.63, 3.8) is 0 Å². The maximum atomic E-state index is 10.0. The van der Waals surface area contributed by atoms with Crippen molar-refractivity contribution in [3.8, 4) is 0 Å². The number of hydrogen-bond acceptors (Lipinski definition) is 1. The molecule has 0 saturated heterocycles. The summed E-state index contributed by atoms with van der Waals surface area (Å²) in [6.45, 7) is 3.71. The normalized spacial score (nSPS) is 18.3. The maximum absolute atomic E-state index is 10.0.